The minimum Gasteiger partial charge on any atom is -0.497 e. The molecule has 1 aliphatic heterocycles. The number of hydrogen-bond acceptors (Lipinski definition) is 8. The molecule has 2 aliphatic carbocycles. The molecule has 0 bridgehead atoms. The van der Waals surface area contributed by atoms with Crippen molar-refractivity contribution in [3.63, 3.8) is 0 Å². The Balaban J connectivity index is 0.00000114. The van der Waals surface area contributed by atoms with Crippen LogP contribution in [0.5, 0.6) is 5.88 Å². The van der Waals surface area contributed by atoms with E-state index in [1.54, 1.807) is 19.4 Å². The van der Waals surface area contributed by atoms with Crippen molar-refractivity contribution in [3.05, 3.63) is 76.5 Å². The first-order valence-electron chi connectivity index (χ1n) is 17.0. The summed E-state index contributed by atoms with van der Waals surface area (Å²) < 4.78 is 25.5. The van der Waals surface area contributed by atoms with Crippen LogP contribution in [0.25, 0.3) is 5.76 Å². The second-order valence-electron chi connectivity index (χ2n) is 12.3. The maximum Gasteiger partial charge on any atom is 0.268 e. The van der Waals surface area contributed by atoms with Gasteiger partial charge in [-0.15, -0.1) is 0 Å². The van der Waals surface area contributed by atoms with Gasteiger partial charge in [-0.25, -0.2) is 4.98 Å². The first kappa shape index (κ1) is 37.6. The number of aryl methyl sites for hydroxylation is 1. The molecule has 1 atom stereocenters. The quantitative estimate of drug-likeness (QED) is 0.290. The van der Waals surface area contributed by atoms with Gasteiger partial charge in [0.25, 0.3) is 5.91 Å². The van der Waals surface area contributed by atoms with Crippen molar-refractivity contribution in [2.75, 3.05) is 32.2 Å². The fraction of sp³-hybridized carbons (Fsp3) is 0.541. The molecule has 0 spiro atoms. The van der Waals surface area contributed by atoms with Gasteiger partial charge in [-0.05, 0) is 60.1 Å². The molecule has 10 heteroatoms. The summed E-state index contributed by atoms with van der Waals surface area (Å²) in [5.41, 5.74) is 4.14. The van der Waals surface area contributed by atoms with Crippen LogP contribution in [0.3, 0.4) is 0 Å². The number of nitrogens with one attached hydrogen (secondary N) is 2. The molecule has 0 radical (unpaired) electrons. The topological polar surface area (TPSA) is 109 Å². The number of anilines is 1. The number of fused-ring (bicyclic) bond motifs is 1. The smallest absolute Gasteiger partial charge is 0.268 e. The molecule has 1 amide bonds. The van der Waals surface area contributed by atoms with Gasteiger partial charge in [0.2, 0.25) is 11.8 Å². The Morgan fingerprint density at radius 3 is 2.45 bits per heavy atom. The Morgan fingerprint density at radius 2 is 1.81 bits per heavy atom. The summed E-state index contributed by atoms with van der Waals surface area (Å²) in [6.07, 6.45) is 13.1. The maximum absolute atomic E-state index is 13.8. The van der Waals surface area contributed by atoms with Gasteiger partial charge in [-0.2, -0.15) is 4.98 Å². The lowest BCUT2D eigenvalue weighted by Crippen LogP contribution is -2.34. The molecular formula is C37H55N5O5. The fourth-order valence-corrected chi connectivity index (χ4v) is 5.25. The number of rotatable bonds is 9. The molecule has 258 valence electrons. The van der Waals surface area contributed by atoms with E-state index in [1.165, 1.54) is 6.42 Å². The van der Waals surface area contributed by atoms with Gasteiger partial charge in [0.05, 0.1) is 32.1 Å². The molecule has 3 aliphatic rings. The van der Waals surface area contributed by atoms with Crippen LogP contribution in [0.4, 0.5) is 5.95 Å². The van der Waals surface area contributed by atoms with Crippen molar-refractivity contribution in [2.45, 2.75) is 93.4 Å². The molecular weight excluding hydrogens is 594 g/mol. The van der Waals surface area contributed by atoms with E-state index in [9.17, 15) is 4.79 Å². The van der Waals surface area contributed by atoms with Gasteiger partial charge in [0.1, 0.15) is 17.2 Å². The van der Waals surface area contributed by atoms with Crippen molar-refractivity contribution < 1.29 is 23.7 Å². The van der Waals surface area contributed by atoms with Gasteiger partial charge in [-0.3, -0.25) is 4.79 Å². The highest BCUT2D eigenvalue weighted by Crippen LogP contribution is 2.35. The summed E-state index contributed by atoms with van der Waals surface area (Å²) in [6, 6.07) is 3.27. The third-order valence-electron chi connectivity index (χ3n) is 7.44. The zero-order valence-electron chi connectivity index (χ0n) is 30.0. The lowest BCUT2D eigenvalue weighted by Gasteiger charge is -2.23. The monoisotopic (exact) mass is 649 g/mol. The number of hydrogen-bond donors (Lipinski definition) is 2. The Kier molecular flexibility index (Phi) is 14.3. The number of carbonyl (C=O) groups is 1. The predicted octanol–water partition coefficient (Wildman–Crippen LogP) is 7.36. The van der Waals surface area contributed by atoms with Crippen LogP contribution >= 0.6 is 0 Å². The van der Waals surface area contributed by atoms with Crippen molar-refractivity contribution in [2.24, 2.45) is 12.5 Å². The van der Waals surface area contributed by atoms with E-state index in [0.29, 0.717) is 42.3 Å². The highest BCUT2D eigenvalue weighted by Gasteiger charge is 2.31. The Morgan fingerprint density at radius 1 is 1.11 bits per heavy atom. The third-order valence-corrected chi connectivity index (χ3v) is 7.44. The zero-order chi connectivity index (χ0) is 34.6. The minimum atomic E-state index is -0.505. The molecule has 47 heavy (non-hydrogen) atoms. The van der Waals surface area contributed by atoms with Crippen LogP contribution in [0.1, 0.15) is 96.4 Å². The molecule has 2 N–H and O–H groups in total. The van der Waals surface area contributed by atoms with Gasteiger partial charge < -0.3 is 34.1 Å². The number of ether oxygens (including phenoxy) is 4. The first-order chi connectivity index (χ1) is 22.6. The summed E-state index contributed by atoms with van der Waals surface area (Å²) in [5.74, 6) is 2.07. The highest BCUT2D eigenvalue weighted by atomic mass is 16.7. The fourth-order valence-electron chi connectivity index (χ4n) is 5.25. The van der Waals surface area contributed by atoms with Crippen molar-refractivity contribution in [1.29, 1.82) is 0 Å². The lowest BCUT2D eigenvalue weighted by atomic mass is 9.84. The summed E-state index contributed by atoms with van der Waals surface area (Å²) in [7, 11) is 3.51. The highest BCUT2D eigenvalue weighted by molar-refractivity contribution is 5.94. The van der Waals surface area contributed by atoms with Crippen LogP contribution in [-0.2, 0) is 27.7 Å². The van der Waals surface area contributed by atoms with Crippen LogP contribution in [0, 0.1) is 5.41 Å². The molecule has 0 aromatic carbocycles. The second-order valence-corrected chi connectivity index (χ2v) is 12.3. The van der Waals surface area contributed by atoms with Crippen molar-refractivity contribution in [1.82, 2.24) is 19.9 Å². The molecule has 1 fully saturated rings. The van der Waals surface area contributed by atoms with E-state index in [-0.39, 0.29) is 11.3 Å². The number of aromatic nitrogens is 3. The average molecular weight is 650 g/mol. The zero-order valence-corrected chi connectivity index (χ0v) is 30.0. The van der Waals surface area contributed by atoms with Crippen LogP contribution < -0.4 is 15.4 Å². The van der Waals surface area contributed by atoms with Gasteiger partial charge in [0, 0.05) is 31.4 Å². The lowest BCUT2D eigenvalue weighted by molar-refractivity contribution is -0.0137. The first-order valence-corrected chi connectivity index (χ1v) is 17.0. The van der Waals surface area contributed by atoms with Crippen molar-refractivity contribution >= 4 is 17.6 Å². The minimum absolute atomic E-state index is 0.183. The molecule has 1 saturated heterocycles. The average Bonchev–Trinajstić information content (AvgIpc) is 3.66. The van der Waals surface area contributed by atoms with Gasteiger partial charge in [0.15, 0.2) is 6.29 Å². The van der Waals surface area contributed by atoms with Crippen LogP contribution in [0.15, 0.2) is 59.5 Å². The largest absolute Gasteiger partial charge is 0.497 e. The molecule has 0 saturated carbocycles. The number of carbonyl (C=O) groups excluding carboxylic acids is 1. The molecule has 3 heterocycles. The summed E-state index contributed by atoms with van der Waals surface area (Å²) in [4.78, 5) is 22.5. The predicted molar refractivity (Wildman–Crippen MR) is 188 cm³/mol. The molecule has 2 aromatic heterocycles. The summed E-state index contributed by atoms with van der Waals surface area (Å²) >= 11 is 0. The number of amides is 1. The molecule has 10 nitrogen and oxygen atoms in total. The third kappa shape index (κ3) is 9.81. The van der Waals surface area contributed by atoms with Gasteiger partial charge >= 0.3 is 0 Å². The SMILES string of the molecule is CC.CCC.CCCNc1nccc(OC2=CCCc3cc(C(=O)NC4C=C(OC)C(C5OCCO5)=CC(C(C)(C)C)=C4)n(C)c32)n1. The summed E-state index contributed by atoms with van der Waals surface area (Å²) in [6.45, 7) is 18.6. The van der Waals surface area contributed by atoms with Gasteiger partial charge in [-0.1, -0.05) is 67.9 Å². The second kappa shape index (κ2) is 17.9. The van der Waals surface area contributed by atoms with E-state index >= 15 is 0 Å². The normalized spacial score (nSPS) is 17.6. The number of nitrogens with zero attached hydrogens (tertiary/aromatic N) is 3. The standard InChI is InChI=1S/C32H41N5O5.C3H8.C2H6/c1-7-12-33-31-34-13-11-27(36-31)42-25-10-8-9-20-16-24(37(5)28(20)25)29(38)35-22-17-21(32(2,3)4)18-23(26(19-22)39-6)30-40-14-15-41-30;1-3-2;1-2/h10-11,13,16-19,22,30H,7-9,12,14-15H2,1-6H3,(H,35,38)(H,33,34,36);3H2,1-2H3;1-2H3. The van der Waals surface area contributed by atoms with E-state index in [2.05, 4.69) is 74.3 Å². The Hall–Kier alpha value is -3.89. The Labute approximate surface area is 281 Å². The number of methoxy groups -OCH3 is 1. The summed E-state index contributed by atoms with van der Waals surface area (Å²) in [5, 5.41) is 6.38. The maximum atomic E-state index is 13.8. The molecule has 5 rings (SSSR count). The van der Waals surface area contributed by atoms with E-state index in [1.807, 2.05) is 43.7 Å². The Bertz CT molecular complexity index is 1460. The van der Waals surface area contributed by atoms with E-state index < -0.39 is 12.3 Å². The number of allylic oxidation sites excluding steroid dienone is 3. The van der Waals surface area contributed by atoms with Crippen LogP contribution in [-0.4, -0.2) is 59.6 Å². The van der Waals surface area contributed by atoms with E-state index in [0.717, 1.165) is 48.2 Å². The molecule has 2 aromatic rings. The van der Waals surface area contributed by atoms with Crippen LogP contribution in [0.2, 0.25) is 0 Å². The molecule has 1 unspecified atom stereocenters. The van der Waals surface area contributed by atoms with Crippen molar-refractivity contribution in [3.8, 4) is 5.88 Å². The van der Waals surface area contributed by atoms with E-state index in [4.69, 9.17) is 18.9 Å².